The second kappa shape index (κ2) is 4.64. The zero-order valence-corrected chi connectivity index (χ0v) is 10.7. The molecule has 0 radical (unpaired) electrons. The van der Waals surface area contributed by atoms with E-state index in [2.05, 4.69) is 5.16 Å². The Bertz CT molecular complexity index is 599. The summed E-state index contributed by atoms with van der Waals surface area (Å²) in [7, 11) is 0. The molecule has 4 heteroatoms. The lowest BCUT2D eigenvalue weighted by molar-refractivity contribution is -0.136. The zero-order chi connectivity index (χ0) is 13.3. The van der Waals surface area contributed by atoms with E-state index in [0.717, 1.165) is 11.1 Å². The standard InChI is InChI=1S/C14H15NO3/c1-8-4-5-11(6-9(8)2)14-12(7-13(16)17)10(3)15-18-14/h4-6H,7H2,1-3H3,(H,16,17). The van der Waals surface area contributed by atoms with Crippen LogP contribution in [-0.4, -0.2) is 16.2 Å². The van der Waals surface area contributed by atoms with E-state index < -0.39 is 5.97 Å². The third-order valence-corrected chi connectivity index (χ3v) is 3.08. The zero-order valence-electron chi connectivity index (χ0n) is 10.7. The summed E-state index contributed by atoms with van der Waals surface area (Å²) in [6.45, 7) is 5.80. The average Bonchev–Trinajstić information content (AvgIpc) is 2.64. The van der Waals surface area contributed by atoms with E-state index in [0.29, 0.717) is 17.0 Å². The molecule has 1 aromatic carbocycles. The molecule has 0 aliphatic heterocycles. The van der Waals surface area contributed by atoms with Crippen molar-refractivity contribution in [3.05, 3.63) is 40.6 Å². The highest BCUT2D eigenvalue weighted by Crippen LogP contribution is 2.28. The highest BCUT2D eigenvalue weighted by molar-refractivity contribution is 5.75. The number of hydrogen-bond donors (Lipinski definition) is 1. The number of benzene rings is 1. The summed E-state index contributed by atoms with van der Waals surface area (Å²) in [5.74, 6) is -0.329. The van der Waals surface area contributed by atoms with Gasteiger partial charge in [0.1, 0.15) is 0 Å². The monoisotopic (exact) mass is 245 g/mol. The van der Waals surface area contributed by atoms with Crippen molar-refractivity contribution in [2.45, 2.75) is 27.2 Å². The SMILES string of the molecule is Cc1ccc(-c2onc(C)c2CC(=O)O)cc1C. The van der Waals surface area contributed by atoms with E-state index in [1.807, 2.05) is 32.0 Å². The Morgan fingerprint density at radius 3 is 2.61 bits per heavy atom. The molecule has 4 nitrogen and oxygen atoms in total. The lowest BCUT2D eigenvalue weighted by Gasteiger charge is -2.04. The maximum absolute atomic E-state index is 10.9. The molecule has 2 rings (SSSR count). The van der Waals surface area contributed by atoms with Crippen LogP contribution in [0.3, 0.4) is 0 Å². The van der Waals surface area contributed by atoms with Gasteiger partial charge in [-0.05, 0) is 38.0 Å². The highest BCUT2D eigenvalue weighted by atomic mass is 16.5. The second-order valence-electron chi connectivity index (χ2n) is 4.45. The summed E-state index contributed by atoms with van der Waals surface area (Å²) in [6, 6.07) is 5.90. The molecular weight excluding hydrogens is 230 g/mol. The first-order valence-corrected chi connectivity index (χ1v) is 5.73. The van der Waals surface area contributed by atoms with E-state index >= 15 is 0 Å². The molecule has 1 heterocycles. The number of aryl methyl sites for hydroxylation is 3. The number of aromatic nitrogens is 1. The molecule has 1 aromatic heterocycles. The molecule has 0 atom stereocenters. The molecule has 0 aliphatic rings. The summed E-state index contributed by atoms with van der Waals surface area (Å²) in [4.78, 5) is 10.9. The number of rotatable bonds is 3. The van der Waals surface area contributed by atoms with Crippen LogP contribution >= 0.6 is 0 Å². The molecule has 18 heavy (non-hydrogen) atoms. The third-order valence-electron chi connectivity index (χ3n) is 3.08. The fourth-order valence-electron chi connectivity index (χ4n) is 1.86. The van der Waals surface area contributed by atoms with E-state index in [-0.39, 0.29) is 6.42 Å². The molecule has 2 aromatic rings. The lowest BCUT2D eigenvalue weighted by Crippen LogP contribution is -2.01. The normalized spacial score (nSPS) is 10.6. The molecule has 94 valence electrons. The number of nitrogens with zero attached hydrogens (tertiary/aromatic N) is 1. The van der Waals surface area contributed by atoms with Gasteiger partial charge in [0, 0.05) is 11.1 Å². The van der Waals surface area contributed by atoms with Crippen molar-refractivity contribution < 1.29 is 14.4 Å². The van der Waals surface area contributed by atoms with Crippen molar-refractivity contribution in [3.8, 4) is 11.3 Å². The number of aliphatic carboxylic acids is 1. The summed E-state index contributed by atoms with van der Waals surface area (Å²) < 4.78 is 5.26. The van der Waals surface area contributed by atoms with Gasteiger partial charge < -0.3 is 9.63 Å². The fourth-order valence-corrected chi connectivity index (χ4v) is 1.86. The van der Waals surface area contributed by atoms with Crippen LogP contribution in [0.25, 0.3) is 11.3 Å². The Kier molecular flexibility index (Phi) is 3.19. The molecule has 0 fully saturated rings. The van der Waals surface area contributed by atoms with Crippen molar-refractivity contribution in [1.82, 2.24) is 5.16 Å². The Morgan fingerprint density at radius 2 is 2.00 bits per heavy atom. The van der Waals surface area contributed by atoms with Gasteiger partial charge in [-0.2, -0.15) is 0 Å². The molecule has 0 unspecified atom stereocenters. The van der Waals surface area contributed by atoms with Gasteiger partial charge in [0.2, 0.25) is 0 Å². The smallest absolute Gasteiger partial charge is 0.308 e. The van der Waals surface area contributed by atoms with Crippen LogP contribution in [0.2, 0.25) is 0 Å². The lowest BCUT2D eigenvalue weighted by atomic mass is 10.0. The Morgan fingerprint density at radius 1 is 1.28 bits per heavy atom. The van der Waals surface area contributed by atoms with Crippen LogP contribution in [0.1, 0.15) is 22.4 Å². The quantitative estimate of drug-likeness (QED) is 0.903. The van der Waals surface area contributed by atoms with E-state index in [9.17, 15) is 4.79 Å². The first kappa shape index (κ1) is 12.4. The summed E-state index contributed by atoms with van der Waals surface area (Å²) in [5, 5.41) is 12.8. The topological polar surface area (TPSA) is 63.3 Å². The number of carboxylic acid groups (broad SMARTS) is 1. The molecule has 0 amide bonds. The maximum Gasteiger partial charge on any atom is 0.308 e. The minimum absolute atomic E-state index is 0.0718. The van der Waals surface area contributed by atoms with E-state index in [1.54, 1.807) is 6.92 Å². The molecule has 0 saturated carbocycles. The van der Waals surface area contributed by atoms with Crippen LogP contribution in [0.4, 0.5) is 0 Å². The van der Waals surface area contributed by atoms with Gasteiger partial charge in [0.25, 0.3) is 0 Å². The molecule has 0 aliphatic carbocycles. The molecule has 0 saturated heterocycles. The molecular formula is C14H15NO3. The molecule has 1 N–H and O–H groups in total. The van der Waals surface area contributed by atoms with Gasteiger partial charge in [0.15, 0.2) is 5.76 Å². The fraction of sp³-hybridized carbons (Fsp3) is 0.286. The average molecular weight is 245 g/mol. The van der Waals surface area contributed by atoms with E-state index in [4.69, 9.17) is 9.63 Å². The number of carboxylic acids is 1. The summed E-state index contributed by atoms with van der Waals surface area (Å²) in [6.07, 6.45) is -0.0718. The van der Waals surface area contributed by atoms with Gasteiger partial charge in [-0.1, -0.05) is 17.3 Å². The predicted molar refractivity (Wildman–Crippen MR) is 67.5 cm³/mol. The molecule has 0 bridgehead atoms. The van der Waals surface area contributed by atoms with Gasteiger partial charge in [0.05, 0.1) is 12.1 Å². The Balaban J connectivity index is 2.50. The Hall–Kier alpha value is -2.10. The van der Waals surface area contributed by atoms with Crippen molar-refractivity contribution in [2.75, 3.05) is 0 Å². The van der Waals surface area contributed by atoms with Crippen molar-refractivity contribution >= 4 is 5.97 Å². The first-order chi connectivity index (χ1) is 8.49. The van der Waals surface area contributed by atoms with Gasteiger partial charge in [-0.3, -0.25) is 4.79 Å². The van der Waals surface area contributed by atoms with Crippen LogP contribution in [-0.2, 0) is 11.2 Å². The van der Waals surface area contributed by atoms with Gasteiger partial charge in [-0.15, -0.1) is 0 Å². The van der Waals surface area contributed by atoms with Crippen LogP contribution < -0.4 is 0 Å². The Labute approximate surface area is 105 Å². The second-order valence-corrected chi connectivity index (χ2v) is 4.45. The largest absolute Gasteiger partial charge is 0.481 e. The van der Waals surface area contributed by atoms with Gasteiger partial charge >= 0.3 is 5.97 Å². The number of carbonyl (C=O) groups is 1. The summed E-state index contributed by atoms with van der Waals surface area (Å²) >= 11 is 0. The highest BCUT2D eigenvalue weighted by Gasteiger charge is 2.17. The van der Waals surface area contributed by atoms with Crippen molar-refractivity contribution in [3.63, 3.8) is 0 Å². The first-order valence-electron chi connectivity index (χ1n) is 5.73. The van der Waals surface area contributed by atoms with Gasteiger partial charge in [-0.25, -0.2) is 0 Å². The number of hydrogen-bond acceptors (Lipinski definition) is 3. The van der Waals surface area contributed by atoms with Crippen LogP contribution in [0.15, 0.2) is 22.7 Å². The minimum atomic E-state index is -0.883. The third kappa shape index (κ3) is 2.27. The summed E-state index contributed by atoms with van der Waals surface area (Å²) in [5.41, 5.74) is 4.48. The minimum Gasteiger partial charge on any atom is -0.481 e. The van der Waals surface area contributed by atoms with Crippen LogP contribution in [0, 0.1) is 20.8 Å². The van der Waals surface area contributed by atoms with Crippen molar-refractivity contribution in [1.29, 1.82) is 0 Å². The molecule has 0 spiro atoms. The predicted octanol–water partition coefficient (Wildman–Crippen LogP) is 2.89. The maximum atomic E-state index is 10.9. The van der Waals surface area contributed by atoms with Crippen LogP contribution in [0.5, 0.6) is 0 Å². The van der Waals surface area contributed by atoms with Crippen molar-refractivity contribution in [2.24, 2.45) is 0 Å². The van der Waals surface area contributed by atoms with E-state index in [1.165, 1.54) is 5.56 Å².